The van der Waals surface area contributed by atoms with Crippen molar-refractivity contribution in [3.8, 4) is 5.75 Å². The summed E-state index contributed by atoms with van der Waals surface area (Å²) in [6.45, 7) is 6.97. The first-order valence-corrected chi connectivity index (χ1v) is 20.7. The molecule has 1 aromatic rings. The Balaban J connectivity index is 3.39. The maximum absolute atomic E-state index is 13.9. The van der Waals surface area contributed by atoms with Crippen molar-refractivity contribution >= 4 is 65.0 Å². The molecule has 0 radical (unpaired) electrons. The molecule has 0 spiro atoms. The van der Waals surface area contributed by atoms with E-state index in [2.05, 4.69) is 37.2 Å². The molecule has 25 heteroatoms. The lowest BCUT2D eigenvalue weighted by atomic mass is 9.96. The lowest BCUT2D eigenvalue weighted by molar-refractivity contribution is -0.143. The monoisotopic (exact) mass is 921 g/mol. The van der Waals surface area contributed by atoms with Crippen LogP contribution in [0.15, 0.2) is 24.3 Å². The Kier molecular flexibility index (Phi) is 23.6. The minimum atomic E-state index is -1.79. The summed E-state index contributed by atoms with van der Waals surface area (Å²) in [7, 11) is 0. The molecule has 0 bridgehead atoms. The zero-order chi connectivity index (χ0) is 49.7. The number of phenols is 1. The molecule has 0 aliphatic heterocycles. The van der Waals surface area contributed by atoms with Crippen LogP contribution in [0.1, 0.15) is 78.7 Å². The van der Waals surface area contributed by atoms with E-state index in [1.54, 1.807) is 27.7 Å². The number of hydrogen-bond donors (Lipinski definition) is 14. The van der Waals surface area contributed by atoms with E-state index in [4.69, 9.17) is 22.9 Å². The van der Waals surface area contributed by atoms with Gasteiger partial charge in [-0.2, -0.15) is 0 Å². The highest BCUT2D eigenvalue weighted by Crippen LogP contribution is 2.14. The Morgan fingerprint density at radius 1 is 0.569 bits per heavy atom. The van der Waals surface area contributed by atoms with Crippen LogP contribution in [-0.4, -0.2) is 135 Å². The molecule has 65 heavy (non-hydrogen) atoms. The second kappa shape index (κ2) is 27.3. The van der Waals surface area contributed by atoms with E-state index in [1.165, 1.54) is 31.2 Å². The fourth-order valence-corrected chi connectivity index (χ4v) is 5.89. The first-order chi connectivity index (χ1) is 30.3. The van der Waals surface area contributed by atoms with Gasteiger partial charge in [0, 0.05) is 19.3 Å². The second-order valence-electron chi connectivity index (χ2n) is 15.8. The van der Waals surface area contributed by atoms with Crippen LogP contribution < -0.4 is 60.2 Å². The summed E-state index contributed by atoms with van der Waals surface area (Å²) < 4.78 is 0. The van der Waals surface area contributed by atoms with Gasteiger partial charge in [0.1, 0.15) is 54.1 Å². The van der Waals surface area contributed by atoms with Gasteiger partial charge in [-0.1, -0.05) is 46.2 Å². The molecule has 0 saturated heterocycles. The van der Waals surface area contributed by atoms with Crippen molar-refractivity contribution in [2.24, 2.45) is 34.8 Å². The molecule has 25 nitrogen and oxygen atoms in total. The number of rotatable bonds is 29. The minimum absolute atomic E-state index is 0.129. The average Bonchev–Trinajstić information content (AvgIpc) is 3.23. The summed E-state index contributed by atoms with van der Waals surface area (Å²) in [5.74, 6) is -12.2. The fraction of sp³-hybridized carbons (Fsp3) is 0.575. The number of hydrogen-bond acceptors (Lipinski definition) is 14. The Labute approximate surface area is 374 Å². The topological polar surface area (TPSA) is 437 Å². The third kappa shape index (κ3) is 20.0. The van der Waals surface area contributed by atoms with E-state index < -0.39 is 145 Å². The molecular formula is C40H63N11O14. The van der Waals surface area contributed by atoms with E-state index in [9.17, 15) is 68.1 Å². The number of carboxylic acid groups (broad SMARTS) is 1. The quantitative estimate of drug-likeness (QED) is 0.0357. The Morgan fingerprint density at radius 2 is 1.03 bits per heavy atom. The third-order valence-corrected chi connectivity index (χ3v) is 9.98. The molecule has 9 atom stereocenters. The molecule has 0 fully saturated rings. The molecule has 0 saturated carbocycles. The lowest BCUT2D eigenvalue weighted by Crippen LogP contribution is -2.61. The van der Waals surface area contributed by atoms with Crippen LogP contribution in [0.3, 0.4) is 0 Å². The number of phenolic OH excluding ortho intramolecular Hbond substituents is 1. The lowest BCUT2D eigenvalue weighted by Gasteiger charge is -2.30. The number of carbonyl (C=O) groups is 11. The molecule has 1 rings (SSSR count). The molecule has 10 amide bonds. The van der Waals surface area contributed by atoms with Gasteiger partial charge < -0.3 is 75.5 Å². The van der Waals surface area contributed by atoms with Crippen LogP contribution in [0.2, 0.25) is 0 Å². The second-order valence-corrected chi connectivity index (χ2v) is 15.8. The van der Waals surface area contributed by atoms with Crippen LogP contribution in [-0.2, 0) is 59.2 Å². The number of aliphatic hydroxyl groups excluding tert-OH is 1. The molecule has 0 heterocycles. The minimum Gasteiger partial charge on any atom is -0.508 e. The summed E-state index contributed by atoms with van der Waals surface area (Å²) in [4.78, 5) is 140. The first-order valence-electron chi connectivity index (χ1n) is 20.7. The van der Waals surface area contributed by atoms with Gasteiger partial charge in [-0.15, -0.1) is 0 Å². The Morgan fingerprint density at radius 3 is 1.52 bits per heavy atom. The van der Waals surface area contributed by atoms with Crippen molar-refractivity contribution in [3.63, 3.8) is 0 Å². The number of benzene rings is 1. The van der Waals surface area contributed by atoms with Gasteiger partial charge in [-0.3, -0.25) is 47.9 Å². The number of aromatic hydroxyl groups is 1. The molecule has 0 unspecified atom stereocenters. The summed E-state index contributed by atoms with van der Waals surface area (Å²) in [5.41, 5.74) is 21.6. The number of aliphatic hydroxyl groups is 1. The van der Waals surface area contributed by atoms with E-state index in [0.29, 0.717) is 12.0 Å². The van der Waals surface area contributed by atoms with Gasteiger partial charge in [0.05, 0.1) is 13.0 Å². The molecule has 0 aliphatic rings. The van der Waals surface area contributed by atoms with Gasteiger partial charge in [-0.05, 0) is 49.3 Å². The maximum atomic E-state index is 13.9. The summed E-state index contributed by atoms with van der Waals surface area (Å²) in [5, 5.41) is 45.4. The van der Waals surface area contributed by atoms with Crippen LogP contribution >= 0.6 is 0 Å². The van der Waals surface area contributed by atoms with Gasteiger partial charge in [0.15, 0.2) is 0 Å². The highest BCUT2D eigenvalue weighted by molar-refractivity contribution is 5.99. The fourth-order valence-electron chi connectivity index (χ4n) is 5.89. The van der Waals surface area contributed by atoms with Crippen molar-refractivity contribution in [2.45, 2.75) is 128 Å². The van der Waals surface area contributed by atoms with E-state index in [1.807, 2.05) is 0 Å². The van der Waals surface area contributed by atoms with Crippen LogP contribution in [0.4, 0.5) is 0 Å². The summed E-state index contributed by atoms with van der Waals surface area (Å²) in [6.07, 6.45) is -2.23. The number of amides is 10. The summed E-state index contributed by atoms with van der Waals surface area (Å²) in [6, 6.07) is -6.43. The SMILES string of the molecule is CC[C@H](C)[C@H](NC(=O)[C@H](C)NC(=O)[C@H](Cc1ccc(O)cc1)NC(=O)[C@H](CC(N)=O)NC(=O)[C@H](CCC(N)=O)NC(=O)[C@@H](N)CO)C(=O)N[C@H](C(=O)N[C@@H](CCC(N)=O)C(=O)O)C(C)C. The standard InChI is InChI=1S/C40H63N11O14/c1-6-19(4)32(39(63)50-31(18(2)3)38(62)47-25(40(64)65)12-14-29(43)55)51-33(57)20(5)45-36(60)26(15-21-7-9-22(53)10-8-21)48-37(61)27(16-30(44)56)49-35(59)24(11-13-28(42)54)46-34(58)23(41)17-52/h7-10,18-20,23-27,31-32,52-53H,6,11-17,41H2,1-5H3,(H2,42,54)(H2,43,55)(H2,44,56)(H,45,60)(H,46,58)(H,47,62)(H,48,61)(H,49,59)(H,50,63)(H,51,57)(H,64,65)/t19-,20-,23-,24-,25-,26-,27-,31-,32-/m0/s1. The highest BCUT2D eigenvalue weighted by atomic mass is 16.4. The zero-order valence-electron chi connectivity index (χ0n) is 36.9. The van der Waals surface area contributed by atoms with Crippen molar-refractivity contribution in [1.29, 1.82) is 0 Å². The van der Waals surface area contributed by atoms with E-state index in [0.717, 1.165) is 0 Å². The highest BCUT2D eigenvalue weighted by Gasteiger charge is 2.36. The summed E-state index contributed by atoms with van der Waals surface area (Å²) >= 11 is 0. The predicted octanol–water partition coefficient (Wildman–Crippen LogP) is -5.14. The number of nitrogens with one attached hydrogen (secondary N) is 7. The molecule has 1 aromatic carbocycles. The normalized spacial score (nSPS) is 15.1. The van der Waals surface area contributed by atoms with Gasteiger partial charge in [0.25, 0.3) is 0 Å². The van der Waals surface area contributed by atoms with Crippen molar-refractivity contribution in [3.05, 3.63) is 29.8 Å². The molecule has 362 valence electrons. The Bertz CT molecular complexity index is 1880. The predicted molar refractivity (Wildman–Crippen MR) is 229 cm³/mol. The largest absolute Gasteiger partial charge is 0.508 e. The zero-order valence-corrected chi connectivity index (χ0v) is 36.9. The van der Waals surface area contributed by atoms with Crippen molar-refractivity contribution < 1.29 is 68.1 Å². The van der Waals surface area contributed by atoms with Gasteiger partial charge in [0.2, 0.25) is 59.1 Å². The number of carboxylic acids is 1. The molecule has 0 aliphatic carbocycles. The van der Waals surface area contributed by atoms with Crippen LogP contribution in [0.5, 0.6) is 5.75 Å². The maximum Gasteiger partial charge on any atom is 0.326 e. The Hall–Kier alpha value is -6.89. The number of aliphatic carboxylic acids is 1. The van der Waals surface area contributed by atoms with Gasteiger partial charge >= 0.3 is 5.97 Å². The van der Waals surface area contributed by atoms with Crippen molar-refractivity contribution in [2.75, 3.05) is 6.61 Å². The van der Waals surface area contributed by atoms with Crippen LogP contribution in [0, 0.1) is 11.8 Å². The van der Waals surface area contributed by atoms with E-state index in [-0.39, 0.29) is 31.4 Å². The van der Waals surface area contributed by atoms with Crippen LogP contribution in [0.25, 0.3) is 0 Å². The number of carbonyl (C=O) groups excluding carboxylic acids is 10. The molecular weight excluding hydrogens is 859 g/mol. The average molecular weight is 922 g/mol. The third-order valence-electron chi connectivity index (χ3n) is 9.98. The number of nitrogens with two attached hydrogens (primary N) is 4. The molecule has 0 aromatic heterocycles. The number of primary amides is 3. The van der Waals surface area contributed by atoms with Crippen molar-refractivity contribution in [1.82, 2.24) is 37.2 Å². The van der Waals surface area contributed by atoms with E-state index >= 15 is 0 Å². The van der Waals surface area contributed by atoms with Gasteiger partial charge in [-0.25, -0.2) is 4.79 Å². The smallest absolute Gasteiger partial charge is 0.326 e. The first kappa shape index (κ1) is 56.1. The molecule has 18 N–H and O–H groups in total.